The zero-order valence-electron chi connectivity index (χ0n) is 12.4. The van der Waals surface area contributed by atoms with Gasteiger partial charge in [0, 0.05) is 11.9 Å². The fourth-order valence-corrected chi connectivity index (χ4v) is 3.53. The van der Waals surface area contributed by atoms with E-state index >= 15 is 0 Å². The van der Waals surface area contributed by atoms with Gasteiger partial charge in [0.2, 0.25) is 0 Å². The van der Waals surface area contributed by atoms with Gasteiger partial charge in [-0.3, -0.25) is 4.79 Å². The first-order chi connectivity index (χ1) is 9.60. The van der Waals surface area contributed by atoms with Crippen molar-refractivity contribution in [2.45, 2.75) is 52.0 Å². The molecule has 0 spiro atoms. The van der Waals surface area contributed by atoms with Gasteiger partial charge in [0.1, 0.15) is 10.7 Å². The highest BCUT2D eigenvalue weighted by atomic mass is 32.1. The van der Waals surface area contributed by atoms with Crippen molar-refractivity contribution in [1.29, 1.82) is 0 Å². The summed E-state index contributed by atoms with van der Waals surface area (Å²) in [6.45, 7) is 4.93. The molecule has 20 heavy (non-hydrogen) atoms. The molecule has 5 heteroatoms. The fraction of sp³-hybridized carbons (Fsp3) is 0.733. The molecule has 0 saturated heterocycles. The average molecular weight is 295 g/mol. The minimum atomic E-state index is -0.106. The third kappa shape index (κ3) is 4.03. The van der Waals surface area contributed by atoms with E-state index in [4.69, 9.17) is 5.73 Å². The Morgan fingerprint density at radius 1 is 1.45 bits per heavy atom. The van der Waals surface area contributed by atoms with Gasteiger partial charge in [0.15, 0.2) is 0 Å². The molecular formula is C15H25N3OS. The lowest BCUT2D eigenvalue weighted by Gasteiger charge is -2.27. The fourth-order valence-electron chi connectivity index (χ4n) is 2.77. The van der Waals surface area contributed by atoms with Crippen molar-refractivity contribution in [3.05, 3.63) is 16.1 Å². The highest BCUT2D eigenvalue weighted by molar-refractivity contribution is 7.09. The molecule has 1 atom stereocenters. The van der Waals surface area contributed by atoms with Crippen molar-refractivity contribution in [2.75, 3.05) is 6.54 Å². The number of nitrogens with two attached hydrogens (primary N) is 1. The number of rotatable bonds is 5. The molecule has 0 aliphatic heterocycles. The summed E-state index contributed by atoms with van der Waals surface area (Å²) in [6.07, 6.45) is 6.38. The molecule has 1 aromatic rings. The van der Waals surface area contributed by atoms with E-state index in [2.05, 4.69) is 17.2 Å². The number of amides is 1. The smallest absolute Gasteiger partial charge is 0.270 e. The van der Waals surface area contributed by atoms with Crippen molar-refractivity contribution in [3.63, 3.8) is 0 Å². The van der Waals surface area contributed by atoms with Crippen molar-refractivity contribution in [2.24, 2.45) is 17.6 Å². The molecule has 1 aliphatic carbocycles. The maximum absolute atomic E-state index is 12.0. The Labute approximate surface area is 125 Å². The summed E-state index contributed by atoms with van der Waals surface area (Å²) in [6, 6.07) is -0.106. The lowest BCUT2D eigenvalue weighted by atomic mass is 9.81. The number of aromatic nitrogens is 1. The third-order valence-electron chi connectivity index (χ3n) is 4.24. The van der Waals surface area contributed by atoms with Crippen molar-refractivity contribution in [1.82, 2.24) is 10.3 Å². The average Bonchev–Trinajstić information content (AvgIpc) is 2.95. The third-order valence-corrected chi connectivity index (χ3v) is 5.28. The van der Waals surface area contributed by atoms with Crippen LogP contribution in [0.4, 0.5) is 0 Å². The largest absolute Gasteiger partial charge is 0.350 e. The molecule has 1 aliphatic rings. The van der Waals surface area contributed by atoms with Gasteiger partial charge in [0.25, 0.3) is 5.91 Å². The van der Waals surface area contributed by atoms with Crippen molar-refractivity contribution in [3.8, 4) is 0 Å². The van der Waals surface area contributed by atoms with E-state index in [-0.39, 0.29) is 11.9 Å². The Morgan fingerprint density at radius 2 is 2.10 bits per heavy atom. The van der Waals surface area contributed by atoms with Crippen LogP contribution in [-0.4, -0.2) is 17.4 Å². The lowest BCUT2D eigenvalue weighted by Crippen LogP contribution is -2.31. The van der Waals surface area contributed by atoms with Crippen LogP contribution >= 0.6 is 11.3 Å². The van der Waals surface area contributed by atoms with Gasteiger partial charge in [-0.25, -0.2) is 4.98 Å². The molecule has 1 heterocycles. The Hall–Kier alpha value is -0.940. The lowest BCUT2D eigenvalue weighted by molar-refractivity contribution is 0.0936. The molecule has 1 aromatic heterocycles. The van der Waals surface area contributed by atoms with E-state index in [1.807, 2.05) is 6.92 Å². The normalized spacial score (nSPS) is 24.4. The molecule has 4 nitrogen and oxygen atoms in total. The highest BCUT2D eigenvalue weighted by Gasteiger charge is 2.21. The summed E-state index contributed by atoms with van der Waals surface area (Å²) in [5, 5.41) is 5.63. The van der Waals surface area contributed by atoms with Crippen LogP contribution in [0.2, 0.25) is 0 Å². The van der Waals surface area contributed by atoms with E-state index in [1.165, 1.54) is 43.4 Å². The molecule has 3 N–H and O–H groups in total. The molecule has 0 aromatic carbocycles. The molecule has 112 valence electrons. The monoisotopic (exact) mass is 295 g/mol. The zero-order valence-corrected chi connectivity index (χ0v) is 13.2. The van der Waals surface area contributed by atoms with Gasteiger partial charge in [0.05, 0.1) is 6.04 Å². The molecule has 2 rings (SSSR count). The van der Waals surface area contributed by atoms with Crippen LogP contribution in [0.1, 0.15) is 67.5 Å². The summed E-state index contributed by atoms with van der Waals surface area (Å²) in [5.41, 5.74) is 6.26. The van der Waals surface area contributed by atoms with Crippen molar-refractivity contribution >= 4 is 17.2 Å². The summed E-state index contributed by atoms with van der Waals surface area (Å²) in [4.78, 5) is 16.3. The van der Waals surface area contributed by atoms with Crippen LogP contribution in [-0.2, 0) is 0 Å². The van der Waals surface area contributed by atoms with Crippen LogP contribution in [0.25, 0.3) is 0 Å². The van der Waals surface area contributed by atoms with Gasteiger partial charge in [-0.2, -0.15) is 0 Å². The Bertz CT molecular complexity index is 436. The first-order valence-electron chi connectivity index (χ1n) is 7.59. The predicted molar refractivity (Wildman–Crippen MR) is 82.8 cm³/mol. The molecule has 1 amide bonds. The van der Waals surface area contributed by atoms with E-state index in [9.17, 15) is 4.79 Å². The number of thiazole rings is 1. The standard InChI is InChI=1S/C15H25N3OS/c1-3-11-4-6-12(7-5-11)8-17-14(19)13-9-20-15(18-13)10(2)16/h9-12H,3-8,16H2,1-2H3,(H,17,19). The van der Waals surface area contributed by atoms with E-state index in [0.29, 0.717) is 11.6 Å². The van der Waals surface area contributed by atoms with Crippen LogP contribution in [0.3, 0.4) is 0 Å². The molecule has 0 radical (unpaired) electrons. The van der Waals surface area contributed by atoms with Crippen LogP contribution in [0, 0.1) is 11.8 Å². The van der Waals surface area contributed by atoms with Gasteiger partial charge in [-0.05, 0) is 31.6 Å². The Balaban J connectivity index is 1.77. The minimum absolute atomic E-state index is 0.0641. The first kappa shape index (κ1) is 15.4. The molecule has 1 unspecified atom stereocenters. The maximum Gasteiger partial charge on any atom is 0.270 e. The number of nitrogens with zero attached hydrogens (tertiary/aromatic N) is 1. The summed E-state index contributed by atoms with van der Waals surface area (Å²) in [7, 11) is 0. The van der Waals surface area contributed by atoms with E-state index in [0.717, 1.165) is 17.5 Å². The van der Waals surface area contributed by atoms with Gasteiger partial charge >= 0.3 is 0 Å². The van der Waals surface area contributed by atoms with Gasteiger partial charge in [-0.15, -0.1) is 11.3 Å². The zero-order chi connectivity index (χ0) is 14.5. The molecule has 1 saturated carbocycles. The molecular weight excluding hydrogens is 270 g/mol. The summed E-state index contributed by atoms with van der Waals surface area (Å²) >= 11 is 1.45. The number of hydrogen-bond acceptors (Lipinski definition) is 4. The predicted octanol–water partition coefficient (Wildman–Crippen LogP) is 3.11. The number of carbonyl (C=O) groups is 1. The van der Waals surface area contributed by atoms with Crippen LogP contribution < -0.4 is 11.1 Å². The van der Waals surface area contributed by atoms with Gasteiger partial charge < -0.3 is 11.1 Å². The molecule has 0 bridgehead atoms. The SMILES string of the molecule is CCC1CCC(CNC(=O)c2csc(C(C)N)n2)CC1. The Kier molecular flexibility index (Phi) is 5.54. The first-order valence-corrected chi connectivity index (χ1v) is 8.47. The quantitative estimate of drug-likeness (QED) is 0.877. The van der Waals surface area contributed by atoms with Gasteiger partial charge in [-0.1, -0.05) is 26.2 Å². The summed E-state index contributed by atoms with van der Waals surface area (Å²) in [5.74, 6) is 1.47. The molecule has 1 fully saturated rings. The Morgan fingerprint density at radius 3 is 2.65 bits per heavy atom. The number of nitrogens with one attached hydrogen (secondary N) is 1. The summed E-state index contributed by atoms with van der Waals surface area (Å²) < 4.78 is 0. The number of hydrogen-bond donors (Lipinski definition) is 2. The van der Waals surface area contributed by atoms with Crippen molar-refractivity contribution < 1.29 is 4.79 Å². The second kappa shape index (κ2) is 7.18. The van der Waals surface area contributed by atoms with E-state index < -0.39 is 0 Å². The maximum atomic E-state index is 12.0. The minimum Gasteiger partial charge on any atom is -0.350 e. The second-order valence-electron chi connectivity index (χ2n) is 5.86. The topological polar surface area (TPSA) is 68.0 Å². The van der Waals surface area contributed by atoms with Crippen LogP contribution in [0.15, 0.2) is 5.38 Å². The van der Waals surface area contributed by atoms with E-state index in [1.54, 1.807) is 5.38 Å². The highest BCUT2D eigenvalue weighted by Crippen LogP contribution is 2.30. The number of carbonyl (C=O) groups excluding carboxylic acids is 1. The second-order valence-corrected chi connectivity index (χ2v) is 6.75. The van der Waals surface area contributed by atoms with Crippen LogP contribution in [0.5, 0.6) is 0 Å².